The van der Waals surface area contributed by atoms with Crippen molar-refractivity contribution in [2.24, 2.45) is 33.7 Å². The number of ketones is 1. The van der Waals surface area contributed by atoms with Crippen molar-refractivity contribution in [3.63, 3.8) is 0 Å². The average molecular weight is 491 g/mol. The summed E-state index contributed by atoms with van der Waals surface area (Å²) in [5.41, 5.74) is 0.632. The molecule has 4 aliphatic carbocycles. The van der Waals surface area contributed by atoms with Crippen LogP contribution in [0.15, 0.2) is 16.8 Å². The maximum atomic E-state index is 12.4. The van der Waals surface area contributed by atoms with Gasteiger partial charge in [0, 0.05) is 5.41 Å². The lowest BCUT2D eigenvalue weighted by Crippen LogP contribution is -2.57. The van der Waals surface area contributed by atoms with Crippen LogP contribution in [0.2, 0.25) is 0 Å². The van der Waals surface area contributed by atoms with Crippen LogP contribution in [0.5, 0.6) is 0 Å². The molecule has 3 saturated carbocycles. The third kappa shape index (κ3) is 4.20. The number of allylic oxidation sites excluding steroid dienone is 2. The molecule has 35 heavy (non-hydrogen) atoms. The lowest BCUT2D eigenvalue weighted by atomic mass is 9.46. The number of oxime groups is 1. The molecule has 0 aromatic rings. The van der Waals surface area contributed by atoms with Crippen LogP contribution < -0.4 is 5.32 Å². The molecule has 0 unspecified atom stereocenters. The quantitative estimate of drug-likeness (QED) is 0.400. The van der Waals surface area contributed by atoms with E-state index < -0.39 is 36.7 Å². The molecule has 0 bridgehead atoms. The molecule has 7 atom stereocenters. The summed E-state index contributed by atoms with van der Waals surface area (Å²) in [5.74, 6) is -0.696. The second-order valence-corrected chi connectivity index (χ2v) is 11.4. The maximum absolute atomic E-state index is 12.4. The van der Waals surface area contributed by atoms with Crippen molar-refractivity contribution in [3.8, 4) is 0 Å². The van der Waals surface area contributed by atoms with E-state index in [1.807, 2.05) is 0 Å². The Labute approximate surface area is 206 Å². The zero-order chi connectivity index (χ0) is 25.6. The second kappa shape index (κ2) is 9.32. The molecule has 9 nitrogen and oxygen atoms in total. The number of carboxylic acid groups (broad SMARTS) is 1. The van der Waals surface area contributed by atoms with E-state index in [2.05, 4.69) is 30.4 Å². The number of hydrogen-bond donors (Lipinski definition) is 4. The van der Waals surface area contributed by atoms with E-state index in [1.165, 1.54) is 12.5 Å². The maximum Gasteiger partial charge on any atom is 0.328 e. The van der Waals surface area contributed by atoms with Gasteiger partial charge in [-0.2, -0.15) is 0 Å². The van der Waals surface area contributed by atoms with Crippen LogP contribution in [0.4, 0.5) is 0 Å². The van der Waals surface area contributed by atoms with Gasteiger partial charge in [-0.15, -0.1) is 0 Å². The van der Waals surface area contributed by atoms with Crippen molar-refractivity contribution < 1.29 is 34.5 Å². The Morgan fingerprint density at radius 2 is 1.86 bits per heavy atom. The Balaban J connectivity index is 1.43. The first-order valence-corrected chi connectivity index (χ1v) is 12.7. The molecular formula is C26H38N2O7. The molecule has 4 aliphatic rings. The number of nitrogens with zero attached hydrogens (tertiary/aromatic N) is 1. The van der Waals surface area contributed by atoms with Gasteiger partial charge in [-0.1, -0.05) is 24.6 Å². The lowest BCUT2D eigenvalue weighted by Gasteiger charge is -2.59. The fourth-order valence-electron chi connectivity index (χ4n) is 7.83. The van der Waals surface area contributed by atoms with E-state index in [9.17, 15) is 19.5 Å². The van der Waals surface area contributed by atoms with E-state index >= 15 is 0 Å². The molecule has 9 heteroatoms. The van der Waals surface area contributed by atoms with Crippen molar-refractivity contribution in [1.82, 2.24) is 5.32 Å². The standard InChI is InChI=1S/C26H38N2O7/c1-15(30)26(34)11-8-20-18-5-4-16-12-17(28-35-14-22(31)27-21(13-29)23(32)33)6-9-24(16,2)19(18)7-10-25(20,26)3/h12,18-21,29,34H,4-11,13-14H2,1-3H3,(H,27,31)(H,32,33)/t18-,19+,20+,21+,24+,25+,26+/m1/s1. The SMILES string of the molecule is CC(=O)[C@@]1(O)CC[C@H]2[C@@H]3CCC4=CC(=NOCC(=O)N[C@@H](CO)C(=O)O)CC[C@]4(C)[C@H]3CC[C@@]21C. The van der Waals surface area contributed by atoms with Crippen LogP contribution in [-0.2, 0) is 19.2 Å². The largest absolute Gasteiger partial charge is 0.480 e. The third-order valence-corrected chi connectivity index (χ3v) is 9.90. The Morgan fingerprint density at radius 1 is 1.14 bits per heavy atom. The van der Waals surface area contributed by atoms with Gasteiger partial charge in [0.25, 0.3) is 5.91 Å². The van der Waals surface area contributed by atoms with Crippen LogP contribution in [0.1, 0.15) is 72.1 Å². The van der Waals surface area contributed by atoms with Gasteiger partial charge >= 0.3 is 5.97 Å². The second-order valence-electron chi connectivity index (χ2n) is 11.4. The number of carboxylic acids is 1. The fourth-order valence-corrected chi connectivity index (χ4v) is 7.83. The number of Topliss-reactive ketones (excluding diaryl/α,β-unsaturated/α-hetero) is 1. The van der Waals surface area contributed by atoms with Crippen LogP contribution in [0, 0.1) is 28.6 Å². The zero-order valence-corrected chi connectivity index (χ0v) is 20.9. The third-order valence-electron chi connectivity index (χ3n) is 9.90. The van der Waals surface area contributed by atoms with Crippen LogP contribution >= 0.6 is 0 Å². The van der Waals surface area contributed by atoms with Gasteiger partial charge in [0.15, 0.2) is 12.4 Å². The first-order valence-electron chi connectivity index (χ1n) is 12.7. The van der Waals surface area contributed by atoms with E-state index in [0.717, 1.165) is 50.7 Å². The molecule has 4 rings (SSSR count). The number of carbonyl (C=O) groups is 3. The highest BCUT2D eigenvalue weighted by atomic mass is 16.6. The molecule has 0 spiro atoms. The summed E-state index contributed by atoms with van der Waals surface area (Å²) in [6.45, 7) is 4.90. The van der Waals surface area contributed by atoms with Crippen molar-refractivity contribution in [2.45, 2.75) is 83.8 Å². The summed E-state index contributed by atoms with van der Waals surface area (Å²) < 4.78 is 0. The van der Waals surface area contributed by atoms with E-state index in [4.69, 9.17) is 15.1 Å². The van der Waals surface area contributed by atoms with E-state index in [-0.39, 0.29) is 16.6 Å². The summed E-state index contributed by atoms with van der Waals surface area (Å²) >= 11 is 0. The molecule has 1 amide bonds. The molecule has 4 N–H and O–H groups in total. The van der Waals surface area contributed by atoms with Gasteiger partial charge in [0.05, 0.1) is 12.3 Å². The number of rotatable bonds is 7. The van der Waals surface area contributed by atoms with Crippen LogP contribution in [0.25, 0.3) is 0 Å². The van der Waals surface area contributed by atoms with Crippen molar-refractivity contribution in [1.29, 1.82) is 0 Å². The Bertz CT molecular complexity index is 961. The molecule has 0 heterocycles. The zero-order valence-electron chi connectivity index (χ0n) is 20.9. The average Bonchev–Trinajstić information content (AvgIpc) is 3.09. The molecule has 194 valence electrons. The number of aliphatic carboxylic acids is 1. The molecule has 0 aromatic heterocycles. The van der Waals surface area contributed by atoms with E-state index in [1.54, 1.807) is 0 Å². The van der Waals surface area contributed by atoms with Gasteiger partial charge in [-0.25, -0.2) is 4.79 Å². The summed E-state index contributed by atoms with van der Waals surface area (Å²) in [4.78, 5) is 40.4. The number of aliphatic hydroxyl groups is 2. The molecular weight excluding hydrogens is 452 g/mol. The summed E-state index contributed by atoms with van der Waals surface area (Å²) in [6.07, 6.45) is 9.07. The Morgan fingerprint density at radius 3 is 2.51 bits per heavy atom. The Kier molecular flexibility index (Phi) is 6.87. The normalized spacial score (nSPS) is 40.1. The van der Waals surface area contributed by atoms with Crippen molar-refractivity contribution in [2.75, 3.05) is 13.2 Å². The summed E-state index contributed by atoms with van der Waals surface area (Å²) in [5, 5.41) is 35.5. The predicted octanol–water partition coefficient (Wildman–Crippen LogP) is 2.20. The molecule has 0 radical (unpaired) electrons. The van der Waals surface area contributed by atoms with Gasteiger partial charge < -0.3 is 25.5 Å². The van der Waals surface area contributed by atoms with Crippen molar-refractivity contribution in [3.05, 3.63) is 11.6 Å². The summed E-state index contributed by atoms with van der Waals surface area (Å²) in [7, 11) is 0. The smallest absolute Gasteiger partial charge is 0.328 e. The Hall–Kier alpha value is -2.26. The molecule has 0 aromatic carbocycles. The highest BCUT2D eigenvalue weighted by Crippen LogP contribution is 2.67. The van der Waals surface area contributed by atoms with Crippen LogP contribution in [-0.4, -0.2) is 63.5 Å². The lowest BCUT2D eigenvalue weighted by molar-refractivity contribution is -0.159. The van der Waals surface area contributed by atoms with Crippen LogP contribution in [0.3, 0.4) is 0 Å². The highest BCUT2D eigenvalue weighted by Gasteiger charge is 2.65. The highest BCUT2D eigenvalue weighted by molar-refractivity contribution is 5.96. The number of nitrogens with one attached hydrogen (secondary N) is 1. The molecule has 0 aliphatic heterocycles. The number of carbonyl (C=O) groups excluding carboxylic acids is 2. The minimum absolute atomic E-state index is 0.0490. The first-order chi connectivity index (χ1) is 16.5. The minimum Gasteiger partial charge on any atom is -0.480 e. The van der Waals surface area contributed by atoms with E-state index in [0.29, 0.717) is 24.2 Å². The fraction of sp³-hybridized carbons (Fsp3) is 0.769. The molecule has 3 fully saturated rings. The predicted molar refractivity (Wildman–Crippen MR) is 127 cm³/mol. The first kappa shape index (κ1) is 25.8. The molecule has 0 saturated heterocycles. The minimum atomic E-state index is -1.37. The summed E-state index contributed by atoms with van der Waals surface area (Å²) in [6, 6.07) is -1.37. The number of fused-ring (bicyclic) bond motifs is 5. The topological polar surface area (TPSA) is 146 Å². The van der Waals surface area contributed by atoms with Gasteiger partial charge in [-0.3, -0.25) is 9.59 Å². The number of aliphatic hydroxyl groups excluding tert-OH is 1. The van der Waals surface area contributed by atoms with Gasteiger partial charge in [-0.05, 0) is 87.5 Å². The number of amides is 1. The van der Waals surface area contributed by atoms with Crippen molar-refractivity contribution >= 4 is 23.4 Å². The monoisotopic (exact) mass is 490 g/mol. The van der Waals surface area contributed by atoms with Gasteiger partial charge in [0.1, 0.15) is 11.6 Å². The van der Waals surface area contributed by atoms with Gasteiger partial charge in [0.2, 0.25) is 0 Å². The number of hydrogen-bond acceptors (Lipinski definition) is 7.